The molecule has 2 amide bonds. The topological polar surface area (TPSA) is 114 Å². The van der Waals surface area contributed by atoms with Gasteiger partial charge in [-0.2, -0.15) is 0 Å². The third kappa shape index (κ3) is 6.55. The maximum atomic E-state index is 12.4. The number of nitrogens with zero attached hydrogens (tertiary/aromatic N) is 2. The molecule has 160 valence electrons. The van der Waals surface area contributed by atoms with Gasteiger partial charge in [0, 0.05) is 37.6 Å². The van der Waals surface area contributed by atoms with Gasteiger partial charge in [-0.1, -0.05) is 0 Å². The standard InChI is InChI=1S/C20H30N4O5/c1-5-28-17(25)13-22-18(26)15-12-14(6-7-16(15)21)23-8-10-24(11-9-23)19(27)29-20(2,3)4/h6-7,12H,5,8-11,13,21H2,1-4H3,(H,22,26). The molecule has 1 saturated heterocycles. The van der Waals surface area contributed by atoms with Gasteiger partial charge >= 0.3 is 12.1 Å². The van der Waals surface area contributed by atoms with Gasteiger partial charge in [0.15, 0.2) is 0 Å². The van der Waals surface area contributed by atoms with E-state index in [1.165, 1.54) is 0 Å². The zero-order valence-corrected chi connectivity index (χ0v) is 17.5. The Morgan fingerprint density at radius 1 is 1.14 bits per heavy atom. The number of piperazine rings is 1. The van der Waals surface area contributed by atoms with Crippen LogP contribution in [0.15, 0.2) is 18.2 Å². The molecule has 1 heterocycles. The second-order valence-electron chi connectivity index (χ2n) is 7.71. The van der Waals surface area contributed by atoms with Gasteiger partial charge in [-0.3, -0.25) is 9.59 Å². The van der Waals surface area contributed by atoms with E-state index in [1.54, 1.807) is 24.0 Å². The molecule has 2 rings (SSSR count). The van der Waals surface area contributed by atoms with Gasteiger partial charge in [0.05, 0.1) is 12.2 Å². The summed E-state index contributed by atoms with van der Waals surface area (Å²) in [6.07, 6.45) is -0.325. The normalized spacial score (nSPS) is 14.3. The number of anilines is 2. The van der Waals surface area contributed by atoms with Crippen LogP contribution in [0.4, 0.5) is 16.2 Å². The van der Waals surface area contributed by atoms with E-state index in [-0.39, 0.29) is 19.2 Å². The molecule has 29 heavy (non-hydrogen) atoms. The van der Waals surface area contributed by atoms with Crippen molar-refractivity contribution in [3.8, 4) is 0 Å². The number of carbonyl (C=O) groups excluding carboxylic acids is 3. The Bertz CT molecular complexity index is 752. The lowest BCUT2D eigenvalue weighted by molar-refractivity contribution is -0.141. The number of nitrogen functional groups attached to an aromatic ring is 1. The van der Waals surface area contributed by atoms with Crippen LogP contribution in [0.3, 0.4) is 0 Å². The smallest absolute Gasteiger partial charge is 0.410 e. The molecule has 1 fully saturated rings. The fourth-order valence-corrected chi connectivity index (χ4v) is 2.87. The molecule has 0 aromatic heterocycles. The first-order valence-corrected chi connectivity index (χ1v) is 9.67. The zero-order chi connectivity index (χ0) is 21.6. The quantitative estimate of drug-likeness (QED) is 0.564. The molecule has 0 aliphatic carbocycles. The lowest BCUT2D eigenvalue weighted by atomic mass is 10.1. The van der Waals surface area contributed by atoms with Gasteiger partial charge < -0.3 is 30.3 Å². The van der Waals surface area contributed by atoms with Crippen molar-refractivity contribution < 1.29 is 23.9 Å². The van der Waals surface area contributed by atoms with Gasteiger partial charge in [0.1, 0.15) is 12.1 Å². The second-order valence-corrected chi connectivity index (χ2v) is 7.71. The maximum absolute atomic E-state index is 12.4. The van der Waals surface area contributed by atoms with Crippen molar-refractivity contribution in [3.63, 3.8) is 0 Å². The van der Waals surface area contributed by atoms with Crippen LogP contribution in [0, 0.1) is 0 Å². The number of carbonyl (C=O) groups is 3. The highest BCUT2D eigenvalue weighted by molar-refractivity contribution is 6.01. The second kappa shape index (κ2) is 9.49. The van der Waals surface area contributed by atoms with E-state index >= 15 is 0 Å². The number of benzene rings is 1. The summed E-state index contributed by atoms with van der Waals surface area (Å²) in [4.78, 5) is 39.8. The Morgan fingerprint density at radius 3 is 2.38 bits per heavy atom. The minimum atomic E-state index is -0.531. The average Bonchev–Trinajstić information content (AvgIpc) is 2.65. The first-order valence-electron chi connectivity index (χ1n) is 9.67. The molecule has 1 aromatic rings. The molecule has 1 aliphatic rings. The summed E-state index contributed by atoms with van der Waals surface area (Å²) in [6, 6.07) is 5.19. The van der Waals surface area contributed by atoms with Crippen LogP contribution in [-0.4, -0.2) is 67.8 Å². The van der Waals surface area contributed by atoms with Gasteiger partial charge in [0.25, 0.3) is 5.91 Å². The molecule has 3 N–H and O–H groups in total. The molecule has 0 radical (unpaired) electrons. The number of ether oxygens (including phenoxy) is 2. The van der Waals surface area contributed by atoms with Gasteiger partial charge in [-0.25, -0.2) is 4.79 Å². The fraction of sp³-hybridized carbons (Fsp3) is 0.550. The Hall–Kier alpha value is -2.97. The largest absolute Gasteiger partial charge is 0.465 e. The number of amides is 2. The maximum Gasteiger partial charge on any atom is 0.410 e. The minimum absolute atomic E-state index is 0.217. The van der Waals surface area contributed by atoms with E-state index in [0.29, 0.717) is 37.4 Å². The van der Waals surface area contributed by atoms with Crippen LogP contribution in [0.5, 0.6) is 0 Å². The SMILES string of the molecule is CCOC(=O)CNC(=O)c1cc(N2CCN(C(=O)OC(C)(C)C)CC2)ccc1N. The number of esters is 1. The first kappa shape index (κ1) is 22.3. The summed E-state index contributed by atoms with van der Waals surface area (Å²) in [5.74, 6) is -0.946. The summed E-state index contributed by atoms with van der Waals surface area (Å²) in [5, 5.41) is 2.52. The summed E-state index contributed by atoms with van der Waals surface area (Å²) in [7, 11) is 0. The van der Waals surface area contributed by atoms with E-state index in [4.69, 9.17) is 15.2 Å². The van der Waals surface area contributed by atoms with Gasteiger partial charge in [0.2, 0.25) is 0 Å². The van der Waals surface area contributed by atoms with Crippen molar-refractivity contribution in [2.45, 2.75) is 33.3 Å². The Morgan fingerprint density at radius 2 is 1.79 bits per heavy atom. The van der Waals surface area contributed by atoms with E-state index < -0.39 is 17.5 Å². The Labute approximate surface area is 171 Å². The lowest BCUT2D eigenvalue weighted by Crippen LogP contribution is -2.50. The van der Waals surface area contributed by atoms with Crippen LogP contribution < -0.4 is 16.0 Å². The summed E-state index contributed by atoms with van der Waals surface area (Å²) < 4.78 is 10.2. The highest BCUT2D eigenvalue weighted by Crippen LogP contribution is 2.23. The number of hydrogen-bond acceptors (Lipinski definition) is 7. The van der Waals surface area contributed by atoms with Gasteiger partial charge in [-0.15, -0.1) is 0 Å². The number of rotatable bonds is 5. The van der Waals surface area contributed by atoms with Crippen LogP contribution >= 0.6 is 0 Å². The van der Waals surface area contributed by atoms with Gasteiger partial charge in [-0.05, 0) is 45.9 Å². The highest BCUT2D eigenvalue weighted by atomic mass is 16.6. The molecule has 0 unspecified atom stereocenters. The molecule has 1 aromatic carbocycles. The molecule has 1 aliphatic heterocycles. The van der Waals surface area contributed by atoms with Crippen LogP contribution in [0.1, 0.15) is 38.1 Å². The molecule has 0 bridgehead atoms. The van der Waals surface area contributed by atoms with E-state index in [1.807, 2.05) is 26.8 Å². The molecule has 0 atom stereocenters. The lowest BCUT2D eigenvalue weighted by Gasteiger charge is -2.37. The van der Waals surface area contributed by atoms with E-state index in [2.05, 4.69) is 10.2 Å². The highest BCUT2D eigenvalue weighted by Gasteiger charge is 2.26. The van der Waals surface area contributed by atoms with E-state index in [9.17, 15) is 14.4 Å². The average molecular weight is 406 g/mol. The molecular weight excluding hydrogens is 376 g/mol. The molecule has 9 heteroatoms. The molecule has 0 spiro atoms. The van der Waals surface area contributed by atoms with Crippen molar-refractivity contribution in [1.29, 1.82) is 0 Å². The van der Waals surface area contributed by atoms with Crippen LogP contribution in [0.2, 0.25) is 0 Å². The fourth-order valence-electron chi connectivity index (χ4n) is 2.87. The third-order valence-electron chi connectivity index (χ3n) is 4.28. The monoisotopic (exact) mass is 406 g/mol. The Balaban J connectivity index is 1.98. The first-order chi connectivity index (χ1) is 13.6. The van der Waals surface area contributed by atoms with Crippen LogP contribution in [-0.2, 0) is 14.3 Å². The van der Waals surface area contributed by atoms with Crippen molar-refractivity contribution in [1.82, 2.24) is 10.2 Å². The number of nitrogens with one attached hydrogen (secondary N) is 1. The van der Waals surface area contributed by atoms with E-state index in [0.717, 1.165) is 5.69 Å². The van der Waals surface area contributed by atoms with Crippen LogP contribution in [0.25, 0.3) is 0 Å². The molecule has 9 nitrogen and oxygen atoms in total. The van der Waals surface area contributed by atoms with Crippen molar-refractivity contribution in [2.75, 3.05) is 50.0 Å². The Kier molecular flexibility index (Phi) is 7.30. The van der Waals surface area contributed by atoms with Crippen molar-refractivity contribution in [3.05, 3.63) is 23.8 Å². The number of nitrogens with two attached hydrogens (primary N) is 1. The zero-order valence-electron chi connectivity index (χ0n) is 17.5. The predicted octanol–water partition coefficient (Wildman–Crippen LogP) is 1.62. The summed E-state index contributed by atoms with van der Waals surface area (Å²) in [5.41, 5.74) is 6.85. The van der Waals surface area contributed by atoms with Crippen molar-refractivity contribution in [2.24, 2.45) is 0 Å². The summed E-state index contributed by atoms with van der Waals surface area (Å²) >= 11 is 0. The van der Waals surface area contributed by atoms with Crippen molar-refractivity contribution >= 4 is 29.3 Å². The predicted molar refractivity (Wildman–Crippen MR) is 110 cm³/mol. The third-order valence-corrected chi connectivity index (χ3v) is 4.28. The molecule has 0 saturated carbocycles. The summed E-state index contributed by atoms with van der Waals surface area (Å²) in [6.45, 7) is 9.49. The minimum Gasteiger partial charge on any atom is -0.465 e. The molecular formula is C20H30N4O5. The number of hydrogen-bond donors (Lipinski definition) is 2.